The van der Waals surface area contributed by atoms with Crippen LogP contribution < -0.4 is 0 Å². The zero-order valence-electron chi connectivity index (χ0n) is 11.7. The van der Waals surface area contributed by atoms with Gasteiger partial charge in [-0.1, -0.05) is 42.1 Å². The minimum Gasteiger partial charge on any atom is -0.339 e. The van der Waals surface area contributed by atoms with Crippen molar-refractivity contribution < 1.29 is 4.79 Å². The lowest BCUT2D eigenvalue weighted by atomic mass is 9.72. The second-order valence-corrected chi connectivity index (χ2v) is 5.21. The zero-order chi connectivity index (χ0) is 14.7. The van der Waals surface area contributed by atoms with Crippen LogP contribution in [-0.4, -0.2) is 44.5 Å². The van der Waals surface area contributed by atoms with E-state index < -0.39 is 0 Å². The average Bonchev–Trinajstić information content (AvgIpc) is 3.10. The molecule has 3 rings (SSSR count). The molecule has 2 heterocycles. The van der Waals surface area contributed by atoms with Crippen LogP contribution in [0.3, 0.4) is 0 Å². The van der Waals surface area contributed by atoms with E-state index in [1.807, 2.05) is 23.1 Å². The van der Waals surface area contributed by atoms with Crippen LogP contribution in [0.25, 0.3) is 0 Å². The third-order valence-electron chi connectivity index (χ3n) is 4.20. The predicted octanol–water partition coefficient (Wildman–Crippen LogP) is 1.29. The summed E-state index contributed by atoms with van der Waals surface area (Å²) in [5.41, 5.74) is 0.878. The van der Waals surface area contributed by atoms with E-state index in [2.05, 4.69) is 39.3 Å². The summed E-state index contributed by atoms with van der Waals surface area (Å²) in [5, 5.41) is 14.7. The van der Waals surface area contributed by atoms with Gasteiger partial charge in [0, 0.05) is 13.1 Å². The molecule has 0 saturated carbocycles. The fourth-order valence-corrected chi connectivity index (χ4v) is 3.00. The van der Waals surface area contributed by atoms with Crippen molar-refractivity contribution >= 4 is 5.91 Å². The van der Waals surface area contributed by atoms with Gasteiger partial charge >= 0.3 is 0 Å². The Bertz CT molecular complexity index is 615. The lowest BCUT2D eigenvalue weighted by molar-refractivity contribution is -0.127. The summed E-state index contributed by atoms with van der Waals surface area (Å²) in [6.07, 6.45) is 2.91. The third-order valence-corrected chi connectivity index (χ3v) is 4.20. The van der Waals surface area contributed by atoms with Crippen LogP contribution in [0.4, 0.5) is 0 Å². The molecule has 1 aliphatic rings. The van der Waals surface area contributed by atoms with E-state index >= 15 is 0 Å². The molecule has 0 radical (unpaired) electrons. The standard InChI is InChI=1S/C15H17N5O/c1-2-13(21)20-10-8-15(9-11-20,14-16-18-19-17-14)12-6-4-3-5-7-12/h2-7H,1,8-11H2,(H,16,17,18,19). The molecule has 21 heavy (non-hydrogen) atoms. The molecule has 0 aliphatic carbocycles. The summed E-state index contributed by atoms with van der Waals surface area (Å²) in [7, 11) is 0. The molecule has 108 valence electrons. The van der Waals surface area contributed by atoms with Gasteiger partial charge in [0.15, 0.2) is 5.82 Å². The number of H-pyrrole nitrogens is 1. The molecule has 1 amide bonds. The average molecular weight is 283 g/mol. The predicted molar refractivity (Wildman–Crippen MR) is 77.4 cm³/mol. The maximum atomic E-state index is 11.8. The lowest BCUT2D eigenvalue weighted by Gasteiger charge is -2.39. The number of likely N-dealkylation sites (tertiary alicyclic amines) is 1. The first kappa shape index (κ1) is 13.5. The molecule has 0 atom stereocenters. The van der Waals surface area contributed by atoms with Crippen LogP contribution in [0.5, 0.6) is 0 Å². The molecule has 0 unspecified atom stereocenters. The first-order valence-electron chi connectivity index (χ1n) is 6.97. The van der Waals surface area contributed by atoms with Crippen molar-refractivity contribution in [2.45, 2.75) is 18.3 Å². The third kappa shape index (κ3) is 2.33. The highest BCUT2D eigenvalue weighted by Crippen LogP contribution is 2.39. The number of piperidine rings is 1. The number of nitrogens with zero attached hydrogens (tertiary/aromatic N) is 4. The largest absolute Gasteiger partial charge is 0.339 e. The quantitative estimate of drug-likeness (QED) is 0.861. The van der Waals surface area contributed by atoms with Crippen LogP contribution in [0.2, 0.25) is 0 Å². The Balaban J connectivity index is 1.94. The Labute approximate surface area is 122 Å². The maximum Gasteiger partial charge on any atom is 0.245 e. The number of aromatic amines is 1. The number of hydrogen-bond donors (Lipinski definition) is 1. The van der Waals surface area contributed by atoms with Crippen LogP contribution >= 0.6 is 0 Å². The minimum atomic E-state index is -0.286. The van der Waals surface area contributed by atoms with Crippen molar-refractivity contribution in [3.63, 3.8) is 0 Å². The van der Waals surface area contributed by atoms with E-state index in [1.165, 1.54) is 6.08 Å². The van der Waals surface area contributed by atoms with Gasteiger partial charge in [-0.2, -0.15) is 5.21 Å². The van der Waals surface area contributed by atoms with Crippen molar-refractivity contribution in [2.75, 3.05) is 13.1 Å². The van der Waals surface area contributed by atoms with Crippen molar-refractivity contribution in [3.05, 3.63) is 54.4 Å². The van der Waals surface area contributed by atoms with Gasteiger partial charge in [-0.25, -0.2) is 0 Å². The van der Waals surface area contributed by atoms with E-state index in [1.54, 1.807) is 0 Å². The number of benzene rings is 1. The Morgan fingerprint density at radius 2 is 2.00 bits per heavy atom. The zero-order valence-corrected chi connectivity index (χ0v) is 11.7. The summed E-state index contributed by atoms with van der Waals surface area (Å²) < 4.78 is 0. The second kappa shape index (κ2) is 5.47. The monoisotopic (exact) mass is 283 g/mol. The molecule has 1 aliphatic heterocycles. The summed E-state index contributed by atoms with van der Waals surface area (Å²) in [5.74, 6) is 0.671. The molecule has 1 aromatic carbocycles. The Kier molecular flexibility index (Phi) is 3.51. The van der Waals surface area contributed by atoms with Gasteiger partial charge in [-0.3, -0.25) is 4.79 Å². The number of rotatable bonds is 3. The number of aromatic nitrogens is 4. The van der Waals surface area contributed by atoms with Gasteiger partial charge in [-0.15, -0.1) is 10.2 Å². The number of carbonyl (C=O) groups excluding carboxylic acids is 1. The van der Waals surface area contributed by atoms with E-state index in [0.29, 0.717) is 18.9 Å². The van der Waals surface area contributed by atoms with Crippen LogP contribution in [0.1, 0.15) is 24.2 Å². The molecule has 6 heteroatoms. The maximum absolute atomic E-state index is 11.8. The molecule has 6 nitrogen and oxygen atoms in total. The van der Waals surface area contributed by atoms with Crippen LogP contribution in [0, 0.1) is 0 Å². The van der Waals surface area contributed by atoms with Crippen molar-refractivity contribution in [2.24, 2.45) is 0 Å². The van der Waals surface area contributed by atoms with E-state index in [0.717, 1.165) is 18.4 Å². The van der Waals surface area contributed by atoms with Gasteiger partial charge in [0.05, 0.1) is 5.41 Å². The van der Waals surface area contributed by atoms with Gasteiger partial charge < -0.3 is 4.90 Å². The van der Waals surface area contributed by atoms with Crippen LogP contribution in [-0.2, 0) is 10.2 Å². The first-order chi connectivity index (χ1) is 10.3. The van der Waals surface area contributed by atoms with E-state index in [4.69, 9.17) is 0 Å². The smallest absolute Gasteiger partial charge is 0.245 e. The van der Waals surface area contributed by atoms with Crippen molar-refractivity contribution in [1.29, 1.82) is 0 Å². The number of tetrazole rings is 1. The molecular weight excluding hydrogens is 266 g/mol. The molecule has 2 aromatic rings. The van der Waals surface area contributed by atoms with E-state index in [9.17, 15) is 4.79 Å². The molecule has 0 bridgehead atoms. The van der Waals surface area contributed by atoms with Crippen molar-refractivity contribution in [3.8, 4) is 0 Å². The molecule has 1 aromatic heterocycles. The number of hydrogen-bond acceptors (Lipinski definition) is 4. The van der Waals surface area contributed by atoms with Gasteiger partial charge in [0.1, 0.15) is 0 Å². The van der Waals surface area contributed by atoms with E-state index in [-0.39, 0.29) is 11.3 Å². The summed E-state index contributed by atoms with van der Waals surface area (Å²) >= 11 is 0. The van der Waals surface area contributed by atoms with Crippen LogP contribution in [0.15, 0.2) is 43.0 Å². The number of nitrogens with one attached hydrogen (secondary N) is 1. The van der Waals surface area contributed by atoms with Crippen molar-refractivity contribution in [1.82, 2.24) is 25.5 Å². The van der Waals surface area contributed by atoms with Gasteiger partial charge in [-0.05, 0) is 24.5 Å². The Hall–Kier alpha value is -2.50. The summed E-state index contributed by atoms with van der Waals surface area (Å²) in [6.45, 7) is 4.87. The second-order valence-electron chi connectivity index (χ2n) is 5.21. The van der Waals surface area contributed by atoms with Gasteiger partial charge in [0.25, 0.3) is 0 Å². The highest BCUT2D eigenvalue weighted by molar-refractivity contribution is 5.87. The Morgan fingerprint density at radius 1 is 1.29 bits per heavy atom. The summed E-state index contributed by atoms with van der Waals surface area (Å²) in [6, 6.07) is 10.2. The highest BCUT2D eigenvalue weighted by Gasteiger charge is 2.41. The SMILES string of the molecule is C=CC(=O)N1CCC(c2ccccc2)(c2nn[nH]n2)CC1. The topological polar surface area (TPSA) is 74.8 Å². The number of amides is 1. The molecule has 1 N–H and O–H groups in total. The molecule has 1 fully saturated rings. The molecular formula is C15H17N5O. The fraction of sp³-hybridized carbons (Fsp3) is 0.333. The normalized spacial score (nSPS) is 17.4. The molecule has 1 saturated heterocycles. The van der Waals surface area contributed by atoms with Gasteiger partial charge in [0.2, 0.25) is 5.91 Å². The minimum absolute atomic E-state index is 0.0234. The highest BCUT2D eigenvalue weighted by atomic mass is 16.2. The Morgan fingerprint density at radius 3 is 2.57 bits per heavy atom. The first-order valence-corrected chi connectivity index (χ1v) is 6.97. The lowest BCUT2D eigenvalue weighted by Crippen LogP contribution is -2.45. The fourth-order valence-electron chi connectivity index (χ4n) is 3.00. The summed E-state index contributed by atoms with van der Waals surface area (Å²) in [4.78, 5) is 13.6. The number of carbonyl (C=O) groups is 1. The molecule has 0 spiro atoms.